The zero-order chi connectivity index (χ0) is 26.4. The average Bonchev–Trinajstić information content (AvgIpc) is 3.63. The highest BCUT2D eigenvalue weighted by molar-refractivity contribution is 5.95. The Bertz CT molecular complexity index is 1440. The molecule has 15 heteroatoms. The van der Waals surface area contributed by atoms with Gasteiger partial charge in [0.25, 0.3) is 5.91 Å². The Morgan fingerprint density at radius 3 is 2.76 bits per heavy atom. The molecule has 0 bridgehead atoms. The maximum Gasteiger partial charge on any atom is 0.373 e. The monoisotopic (exact) mass is 510 g/mol. The Labute approximate surface area is 209 Å². The van der Waals surface area contributed by atoms with Crippen molar-refractivity contribution >= 4 is 23.9 Å². The van der Waals surface area contributed by atoms with Crippen LogP contribution in [0.15, 0.2) is 44.5 Å². The SMILES string of the molecule is CCOc1cc(/C=N\NC(=O)c2c(C)nnn2-c2nonc2N)ccc1OCc1ccc(C(=O)OC)o1. The van der Waals surface area contributed by atoms with Gasteiger partial charge in [-0.3, -0.25) is 4.79 Å². The third-order valence-electron chi connectivity index (χ3n) is 4.82. The molecular weight excluding hydrogens is 488 g/mol. The van der Waals surface area contributed by atoms with Crippen LogP contribution in [0.25, 0.3) is 5.82 Å². The number of aryl methyl sites for hydroxylation is 1. The van der Waals surface area contributed by atoms with Crippen molar-refractivity contribution in [1.29, 1.82) is 0 Å². The number of carbonyl (C=O) groups excluding carboxylic acids is 2. The smallest absolute Gasteiger partial charge is 0.373 e. The first-order chi connectivity index (χ1) is 17.9. The fourth-order valence-electron chi connectivity index (χ4n) is 3.13. The number of anilines is 1. The topological polar surface area (TPSA) is 195 Å². The predicted molar refractivity (Wildman–Crippen MR) is 125 cm³/mol. The second-order valence-electron chi connectivity index (χ2n) is 7.29. The van der Waals surface area contributed by atoms with Crippen molar-refractivity contribution in [2.24, 2.45) is 5.10 Å². The number of methoxy groups -OCH3 is 1. The Hall–Kier alpha value is -5.21. The number of rotatable bonds is 10. The van der Waals surface area contributed by atoms with Crippen LogP contribution in [0.4, 0.5) is 5.82 Å². The number of hydrazone groups is 1. The fourth-order valence-corrected chi connectivity index (χ4v) is 3.13. The van der Waals surface area contributed by atoms with Crippen molar-refractivity contribution in [3.05, 3.63) is 58.8 Å². The van der Waals surface area contributed by atoms with Gasteiger partial charge in [0, 0.05) is 0 Å². The molecule has 3 aromatic heterocycles. The molecule has 0 radical (unpaired) electrons. The summed E-state index contributed by atoms with van der Waals surface area (Å²) in [5, 5.41) is 18.8. The zero-order valence-electron chi connectivity index (χ0n) is 20.0. The molecule has 15 nitrogen and oxygen atoms in total. The summed E-state index contributed by atoms with van der Waals surface area (Å²) in [7, 11) is 1.27. The molecule has 192 valence electrons. The molecular formula is C22H22N8O7. The molecule has 0 aliphatic carbocycles. The highest BCUT2D eigenvalue weighted by Crippen LogP contribution is 2.29. The van der Waals surface area contributed by atoms with Crippen LogP contribution in [0.1, 0.15) is 45.0 Å². The molecule has 3 N–H and O–H groups in total. The standard InChI is InChI=1S/C22H22N8O7/c1-4-34-17-9-13(5-7-15(17)35-11-14-6-8-16(36-14)22(32)33-3)10-24-26-21(31)18-12(2)25-29-30(18)20-19(23)27-37-28-20/h5-10H,4,11H2,1-3H3,(H2,23,27)(H,26,31)/b24-10-. The molecule has 0 saturated heterocycles. The number of amides is 1. The van der Waals surface area contributed by atoms with E-state index in [1.165, 1.54) is 19.4 Å². The van der Waals surface area contributed by atoms with Crippen molar-refractivity contribution < 1.29 is 32.8 Å². The second kappa shape index (κ2) is 11.0. The average molecular weight is 510 g/mol. The van der Waals surface area contributed by atoms with Gasteiger partial charge in [-0.25, -0.2) is 14.8 Å². The first-order valence-corrected chi connectivity index (χ1v) is 10.8. The third-order valence-corrected chi connectivity index (χ3v) is 4.82. The van der Waals surface area contributed by atoms with Gasteiger partial charge in [0.05, 0.1) is 25.6 Å². The second-order valence-corrected chi connectivity index (χ2v) is 7.29. The number of nitrogens with zero attached hydrogens (tertiary/aromatic N) is 6. The minimum Gasteiger partial charge on any atom is -0.490 e. The molecule has 1 amide bonds. The Morgan fingerprint density at radius 1 is 1.19 bits per heavy atom. The largest absolute Gasteiger partial charge is 0.490 e. The number of hydrogen-bond acceptors (Lipinski definition) is 13. The van der Waals surface area contributed by atoms with Crippen LogP contribution in [0, 0.1) is 6.92 Å². The van der Waals surface area contributed by atoms with Crippen LogP contribution >= 0.6 is 0 Å². The van der Waals surface area contributed by atoms with Crippen LogP contribution in [0.5, 0.6) is 11.5 Å². The molecule has 4 rings (SSSR count). The Kier molecular flexibility index (Phi) is 7.42. The molecule has 1 aromatic carbocycles. The lowest BCUT2D eigenvalue weighted by molar-refractivity contribution is 0.0560. The summed E-state index contributed by atoms with van der Waals surface area (Å²) in [6.45, 7) is 3.87. The minimum atomic E-state index is -0.601. The van der Waals surface area contributed by atoms with Crippen LogP contribution < -0.4 is 20.6 Å². The van der Waals surface area contributed by atoms with Gasteiger partial charge in [-0.05, 0) is 60.1 Å². The number of aromatic nitrogens is 5. The lowest BCUT2D eigenvalue weighted by Crippen LogP contribution is -2.22. The fraction of sp³-hybridized carbons (Fsp3) is 0.227. The van der Waals surface area contributed by atoms with Crippen molar-refractivity contribution in [3.8, 4) is 17.3 Å². The maximum absolute atomic E-state index is 12.7. The van der Waals surface area contributed by atoms with E-state index in [0.717, 1.165) is 4.68 Å². The summed E-state index contributed by atoms with van der Waals surface area (Å²) in [4.78, 5) is 24.3. The van der Waals surface area contributed by atoms with E-state index in [1.54, 1.807) is 31.2 Å². The molecule has 0 unspecified atom stereocenters. The number of nitrogens with one attached hydrogen (secondary N) is 1. The lowest BCUT2D eigenvalue weighted by atomic mass is 10.2. The van der Waals surface area contributed by atoms with Gasteiger partial charge in [-0.1, -0.05) is 5.21 Å². The number of furan rings is 1. The van der Waals surface area contributed by atoms with Gasteiger partial charge in [-0.15, -0.1) is 5.10 Å². The van der Waals surface area contributed by atoms with E-state index in [1.807, 2.05) is 6.92 Å². The zero-order valence-corrected chi connectivity index (χ0v) is 20.0. The molecule has 4 aromatic rings. The lowest BCUT2D eigenvalue weighted by Gasteiger charge is -2.11. The molecule has 0 saturated carbocycles. The number of ether oxygens (including phenoxy) is 3. The minimum absolute atomic E-state index is 0.0303. The van der Waals surface area contributed by atoms with Gasteiger partial charge >= 0.3 is 5.97 Å². The Morgan fingerprint density at radius 2 is 2.03 bits per heavy atom. The van der Waals surface area contributed by atoms with Crippen LogP contribution in [0.2, 0.25) is 0 Å². The van der Waals surface area contributed by atoms with Crippen molar-refractivity contribution in [2.45, 2.75) is 20.5 Å². The maximum atomic E-state index is 12.7. The highest BCUT2D eigenvalue weighted by Gasteiger charge is 2.22. The van der Waals surface area contributed by atoms with Crippen molar-refractivity contribution in [3.63, 3.8) is 0 Å². The van der Waals surface area contributed by atoms with E-state index >= 15 is 0 Å². The quantitative estimate of drug-likeness (QED) is 0.178. The van der Waals surface area contributed by atoms with Crippen LogP contribution in [0.3, 0.4) is 0 Å². The van der Waals surface area contributed by atoms with Crippen LogP contribution in [-0.2, 0) is 11.3 Å². The summed E-state index contributed by atoms with van der Waals surface area (Å²) in [5.41, 5.74) is 9.11. The summed E-state index contributed by atoms with van der Waals surface area (Å²) < 4.78 is 27.2. The van der Waals surface area contributed by atoms with Crippen molar-refractivity contribution in [1.82, 2.24) is 30.7 Å². The third kappa shape index (κ3) is 5.55. The first kappa shape index (κ1) is 24.9. The molecule has 0 atom stereocenters. The molecule has 0 aliphatic rings. The van der Waals surface area contributed by atoms with E-state index in [9.17, 15) is 9.59 Å². The van der Waals surface area contributed by atoms with Gasteiger partial charge < -0.3 is 24.4 Å². The van der Waals surface area contributed by atoms with Gasteiger partial charge in [0.1, 0.15) is 12.4 Å². The number of nitrogens with two attached hydrogens (primary N) is 1. The van der Waals surface area contributed by atoms with Crippen LogP contribution in [-0.4, -0.2) is 57.1 Å². The summed E-state index contributed by atoms with van der Waals surface area (Å²) in [6.07, 6.45) is 1.43. The van der Waals surface area contributed by atoms with Gasteiger partial charge in [-0.2, -0.15) is 9.78 Å². The molecule has 0 aliphatic heterocycles. The summed E-state index contributed by atoms with van der Waals surface area (Å²) in [5.74, 6) is 0.210. The molecule has 0 spiro atoms. The number of carbonyl (C=O) groups is 2. The first-order valence-electron chi connectivity index (χ1n) is 10.8. The van der Waals surface area contributed by atoms with Crippen molar-refractivity contribution in [2.75, 3.05) is 19.5 Å². The van der Waals surface area contributed by atoms with E-state index in [2.05, 4.69) is 40.5 Å². The number of esters is 1. The summed E-state index contributed by atoms with van der Waals surface area (Å²) >= 11 is 0. The number of benzene rings is 1. The molecule has 0 fully saturated rings. The van der Waals surface area contributed by atoms with Gasteiger partial charge in [0.2, 0.25) is 17.4 Å². The normalized spacial score (nSPS) is 11.0. The number of nitrogen functional groups attached to an aromatic ring is 1. The van der Waals surface area contributed by atoms with Gasteiger partial charge in [0.15, 0.2) is 17.2 Å². The number of hydrogen-bond donors (Lipinski definition) is 2. The van der Waals surface area contributed by atoms with E-state index in [4.69, 9.17) is 19.6 Å². The Balaban J connectivity index is 1.43. The summed E-state index contributed by atoms with van der Waals surface area (Å²) in [6, 6.07) is 8.21. The van der Waals surface area contributed by atoms with E-state index in [-0.39, 0.29) is 29.7 Å². The van der Waals surface area contributed by atoms with E-state index in [0.29, 0.717) is 35.1 Å². The van der Waals surface area contributed by atoms with E-state index < -0.39 is 11.9 Å². The molecule has 37 heavy (non-hydrogen) atoms. The predicted octanol–water partition coefficient (Wildman–Crippen LogP) is 1.66. The highest BCUT2D eigenvalue weighted by atomic mass is 16.6. The molecule has 3 heterocycles.